The Labute approximate surface area is 110 Å². The first-order valence-electron chi connectivity index (χ1n) is 6.31. The molecule has 2 rings (SSSR count). The van der Waals surface area contributed by atoms with Crippen molar-refractivity contribution in [2.45, 2.75) is 32.0 Å². The van der Waals surface area contributed by atoms with Crippen molar-refractivity contribution in [2.75, 3.05) is 11.4 Å². The van der Waals surface area contributed by atoms with Crippen molar-refractivity contribution in [2.24, 2.45) is 5.92 Å². The van der Waals surface area contributed by atoms with Gasteiger partial charge in [0, 0.05) is 12.2 Å². The lowest BCUT2D eigenvalue weighted by Crippen LogP contribution is -2.43. The minimum atomic E-state index is -4.35. The maximum atomic E-state index is 12.7. The molecular formula is C14H16F3NO. The Kier molecular flexibility index (Phi) is 3.83. The highest BCUT2D eigenvalue weighted by Crippen LogP contribution is 2.33. The van der Waals surface area contributed by atoms with Gasteiger partial charge in [-0.05, 0) is 37.0 Å². The second-order valence-electron chi connectivity index (χ2n) is 5.07. The monoisotopic (exact) mass is 271 g/mol. The lowest BCUT2D eigenvalue weighted by Gasteiger charge is -2.37. The molecule has 2 atom stereocenters. The standard InChI is InChI=1S/C14H16F3NO/c1-10-5-6-18(13(7-10)9-19)12-4-2-3-11(8-12)14(15,16)17/h2-4,8-10,13H,5-7H2,1H3. The van der Waals surface area contributed by atoms with E-state index in [0.717, 1.165) is 24.8 Å². The van der Waals surface area contributed by atoms with Gasteiger partial charge in [0.15, 0.2) is 0 Å². The molecule has 0 spiro atoms. The van der Waals surface area contributed by atoms with Crippen molar-refractivity contribution >= 4 is 12.0 Å². The summed E-state index contributed by atoms with van der Waals surface area (Å²) in [4.78, 5) is 12.9. The lowest BCUT2D eigenvalue weighted by molar-refractivity contribution is -0.137. The van der Waals surface area contributed by atoms with Crippen molar-refractivity contribution in [1.29, 1.82) is 0 Å². The molecule has 0 N–H and O–H groups in total. The highest BCUT2D eigenvalue weighted by molar-refractivity contribution is 5.67. The molecule has 0 aromatic heterocycles. The van der Waals surface area contributed by atoms with Gasteiger partial charge in [0.1, 0.15) is 6.29 Å². The van der Waals surface area contributed by atoms with Crippen LogP contribution in [0.3, 0.4) is 0 Å². The molecule has 1 fully saturated rings. The van der Waals surface area contributed by atoms with Crippen LogP contribution in [0.4, 0.5) is 18.9 Å². The molecule has 2 nitrogen and oxygen atoms in total. The molecule has 2 unspecified atom stereocenters. The largest absolute Gasteiger partial charge is 0.416 e. The molecule has 1 aliphatic heterocycles. The van der Waals surface area contributed by atoms with Crippen LogP contribution in [0.15, 0.2) is 24.3 Å². The van der Waals surface area contributed by atoms with Gasteiger partial charge in [-0.25, -0.2) is 0 Å². The van der Waals surface area contributed by atoms with E-state index in [4.69, 9.17) is 0 Å². The quantitative estimate of drug-likeness (QED) is 0.767. The first-order valence-corrected chi connectivity index (χ1v) is 6.31. The summed E-state index contributed by atoms with van der Waals surface area (Å²) in [6.07, 6.45) is -1.94. The number of anilines is 1. The van der Waals surface area contributed by atoms with Gasteiger partial charge in [-0.15, -0.1) is 0 Å². The Balaban J connectivity index is 2.28. The average Bonchev–Trinajstić information content (AvgIpc) is 2.37. The minimum absolute atomic E-state index is 0.327. The van der Waals surface area contributed by atoms with Gasteiger partial charge in [-0.3, -0.25) is 0 Å². The van der Waals surface area contributed by atoms with Crippen LogP contribution in [0, 0.1) is 5.92 Å². The maximum Gasteiger partial charge on any atom is 0.416 e. The Bertz CT molecular complexity index is 458. The zero-order valence-electron chi connectivity index (χ0n) is 10.7. The van der Waals surface area contributed by atoms with Gasteiger partial charge in [0.2, 0.25) is 0 Å². The summed E-state index contributed by atoms with van der Waals surface area (Å²) in [5, 5.41) is 0. The first-order chi connectivity index (χ1) is 8.91. The lowest BCUT2D eigenvalue weighted by atomic mass is 9.92. The van der Waals surface area contributed by atoms with E-state index in [1.54, 1.807) is 11.0 Å². The highest BCUT2D eigenvalue weighted by Gasteiger charge is 2.32. The Morgan fingerprint density at radius 3 is 2.74 bits per heavy atom. The summed E-state index contributed by atoms with van der Waals surface area (Å²) >= 11 is 0. The Morgan fingerprint density at radius 2 is 2.11 bits per heavy atom. The number of nitrogens with zero attached hydrogens (tertiary/aromatic N) is 1. The zero-order chi connectivity index (χ0) is 14.0. The number of aldehydes is 1. The Morgan fingerprint density at radius 1 is 1.37 bits per heavy atom. The van der Waals surface area contributed by atoms with E-state index in [1.807, 2.05) is 0 Å². The van der Waals surface area contributed by atoms with E-state index in [0.29, 0.717) is 24.6 Å². The number of alkyl halides is 3. The predicted molar refractivity (Wildman–Crippen MR) is 67.0 cm³/mol. The fourth-order valence-corrected chi connectivity index (χ4v) is 2.49. The molecule has 0 aliphatic carbocycles. The fourth-order valence-electron chi connectivity index (χ4n) is 2.49. The van der Waals surface area contributed by atoms with Crippen LogP contribution in [-0.2, 0) is 11.0 Å². The van der Waals surface area contributed by atoms with E-state index >= 15 is 0 Å². The summed E-state index contributed by atoms with van der Waals surface area (Å²) < 4.78 is 38.1. The van der Waals surface area contributed by atoms with Gasteiger partial charge < -0.3 is 9.69 Å². The second-order valence-corrected chi connectivity index (χ2v) is 5.07. The van der Waals surface area contributed by atoms with Crippen LogP contribution >= 0.6 is 0 Å². The molecule has 5 heteroatoms. The second kappa shape index (κ2) is 5.23. The van der Waals surface area contributed by atoms with Crippen LogP contribution < -0.4 is 4.90 Å². The normalized spacial score (nSPS) is 24.3. The van der Waals surface area contributed by atoms with Crippen LogP contribution in [0.2, 0.25) is 0 Å². The number of hydrogen-bond acceptors (Lipinski definition) is 2. The Hall–Kier alpha value is -1.52. The highest BCUT2D eigenvalue weighted by atomic mass is 19.4. The van der Waals surface area contributed by atoms with Crippen molar-refractivity contribution in [3.8, 4) is 0 Å². The summed E-state index contributed by atoms with van der Waals surface area (Å²) in [7, 11) is 0. The van der Waals surface area contributed by atoms with E-state index < -0.39 is 11.7 Å². The molecule has 1 aromatic carbocycles. The van der Waals surface area contributed by atoms with Gasteiger partial charge in [-0.2, -0.15) is 13.2 Å². The van der Waals surface area contributed by atoms with E-state index in [9.17, 15) is 18.0 Å². The average molecular weight is 271 g/mol. The number of halogens is 3. The van der Waals surface area contributed by atoms with Crippen molar-refractivity contribution in [3.05, 3.63) is 29.8 Å². The van der Waals surface area contributed by atoms with E-state index in [-0.39, 0.29) is 6.04 Å². The number of hydrogen-bond donors (Lipinski definition) is 0. The number of piperidine rings is 1. The first kappa shape index (κ1) is 13.9. The number of carbonyl (C=O) groups is 1. The third-order valence-electron chi connectivity index (χ3n) is 3.57. The van der Waals surface area contributed by atoms with Crippen LogP contribution in [0.1, 0.15) is 25.3 Å². The molecule has 0 radical (unpaired) electrons. The third-order valence-corrected chi connectivity index (χ3v) is 3.57. The number of carbonyl (C=O) groups excluding carboxylic acids is 1. The van der Waals surface area contributed by atoms with E-state index in [2.05, 4.69) is 6.92 Å². The molecule has 1 aromatic rings. The van der Waals surface area contributed by atoms with Gasteiger partial charge in [-0.1, -0.05) is 13.0 Å². The summed E-state index contributed by atoms with van der Waals surface area (Å²) in [6.45, 7) is 2.67. The summed E-state index contributed by atoms with van der Waals surface area (Å²) in [6, 6.07) is 4.85. The summed E-state index contributed by atoms with van der Waals surface area (Å²) in [5.74, 6) is 0.428. The molecule has 0 saturated carbocycles. The third kappa shape index (κ3) is 3.08. The van der Waals surface area contributed by atoms with Crippen LogP contribution in [0.25, 0.3) is 0 Å². The van der Waals surface area contributed by atoms with Crippen LogP contribution in [-0.4, -0.2) is 18.9 Å². The fraction of sp³-hybridized carbons (Fsp3) is 0.500. The molecule has 1 saturated heterocycles. The van der Waals surface area contributed by atoms with Gasteiger partial charge in [0.25, 0.3) is 0 Å². The van der Waals surface area contributed by atoms with Gasteiger partial charge >= 0.3 is 6.18 Å². The minimum Gasteiger partial charge on any atom is -0.362 e. The maximum absolute atomic E-state index is 12.7. The number of rotatable bonds is 2. The molecule has 0 amide bonds. The molecule has 1 heterocycles. The van der Waals surface area contributed by atoms with E-state index in [1.165, 1.54) is 6.07 Å². The molecule has 0 bridgehead atoms. The van der Waals surface area contributed by atoms with Crippen molar-refractivity contribution < 1.29 is 18.0 Å². The summed E-state index contributed by atoms with van der Waals surface area (Å²) in [5.41, 5.74) is -0.202. The molecular weight excluding hydrogens is 255 g/mol. The van der Waals surface area contributed by atoms with Crippen LogP contribution in [0.5, 0.6) is 0 Å². The predicted octanol–water partition coefficient (Wildman–Crippen LogP) is 3.51. The SMILES string of the molecule is CC1CCN(c2cccc(C(F)(F)F)c2)C(C=O)C1. The van der Waals surface area contributed by atoms with Crippen molar-refractivity contribution in [3.63, 3.8) is 0 Å². The van der Waals surface area contributed by atoms with Gasteiger partial charge in [0.05, 0.1) is 11.6 Å². The number of benzene rings is 1. The van der Waals surface area contributed by atoms with Crippen molar-refractivity contribution in [1.82, 2.24) is 0 Å². The molecule has 104 valence electrons. The smallest absolute Gasteiger partial charge is 0.362 e. The zero-order valence-corrected chi connectivity index (χ0v) is 10.7. The topological polar surface area (TPSA) is 20.3 Å². The molecule has 19 heavy (non-hydrogen) atoms. The molecule has 1 aliphatic rings.